The topological polar surface area (TPSA) is 64.0 Å². The van der Waals surface area contributed by atoms with E-state index in [1.807, 2.05) is 19.1 Å². The molecule has 0 aliphatic carbocycles. The fourth-order valence-electron chi connectivity index (χ4n) is 2.70. The van der Waals surface area contributed by atoms with E-state index in [2.05, 4.69) is 16.9 Å². The van der Waals surface area contributed by atoms with Crippen LogP contribution in [0.3, 0.4) is 0 Å². The van der Waals surface area contributed by atoms with Gasteiger partial charge in [0, 0.05) is 17.3 Å². The van der Waals surface area contributed by atoms with Crippen molar-refractivity contribution in [2.75, 3.05) is 5.32 Å². The molecular formula is C21H20ClN3O2S. The minimum atomic E-state index is -0.470. The lowest BCUT2D eigenvalue weighted by molar-refractivity contribution is -0.115. The zero-order valence-corrected chi connectivity index (χ0v) is 17.2. The minimum Gasteiger partial charge on any atom is -0.325 e. The van der Waals surface area contributed by atoms with Gasteiger partial charge < -0.3 is 5.32 Å². The van der Waals surface area contributed by atoms with E-state index in [0.717, 1.165) is 5.56 Å². The molecule has 3 aromatic rings. The van der Waals surface area contributed by atoms with Gasteiger partial charge in [-0.1, -0.05) is 47.6 Å². The molecule has 0 fully saturated rings. The van der Waals surface area contributed by atoms with Crippen LogP contribution in [-0.2, 0) is 11.3 Å². The molecule has 0 saturated heterocycles. The number of hydrogen-bond donors (Lipinski definition) is 1. The number of rotatable bonds is 6. The molecule has 1 heterocycles. The summed E-state index contributed by atoms with van der Waals surface area (Å²) in [6.07, 6.45) is 1.64. The van der Waals surface area contributed by atoms with Crippen molar-refractivity contribution in [2.24, 2.45) is 0 Å². The van der Waals surface area contributed by atoms with Crippen molar-refractivity contribution in [3.63, 3.8) is 0 Å². The predicted octanol–water partition coefficient (Wildman–Crippen LogP) is 4.66. The number of hydrogen-bond acceptors (Lipinski definition) is 4. The maximum atomic E-state index is 12.8. The number of aryl methyl sites for hydroxylation is 1. The van der Waals surface area contributed by atoms with Crippen molar-refractivity contribution in [3.05, 3.63) is 76.1 Å². The lowest BCUT2D eigenvalue weighted by Gasteiger charge is -2.16. The number of aromatic nitrogens is 2. The average molecular weight is 414 g/mol. The monoisotopic (exact) mass is 413 g/mol. The highest BCUT2D eigenvalue weighted by Gasteiger charge is 2.20. The van der Waals surface area contributed by atoms with Gasteiger partial charge in [0.2, 0.25) is 5.91 Å². The number of benzene rings is 2. The van der Waals surface area contributed by atoms with Gasteiger partial charge >= 0.3 is 0 Å². The van der Waals surface area contributed by atoms with Crippen molar-refractivity contribution in [2.45, 2.75) is 30.8 Å². The Hall–Kier alpha value is -2.57. The van der Waals surface area contributed by atoms with E-state index in [1.165, 1.54) is 16.3 Å². The van der Waals surface area contributed by atoms with E-state index in [0.29, 0.717) is 33.3 Å². The number of para-hydroxylation sites is 1. The van der Waals surface area contributed by atoms with Crippen molar-refractivity contribution >= 4 is 45.9 Å². The van der Waals surface area contributed by atoms with E-state index < -0.39 is 5.25 Å². The fourth-order valence-corrected chi connectivity index (χ4v) is 3.79. The Morgan fingerprint density at radius 3 is 2.86 bits per heavy atom. The number of fused-ring (bicyclic) bond motifs is 1. The van der Waals surface area contributed by atoms with Gasteiger partial charge in [-0.2, -0.15) is 0 Å². The molecule has 0 aliphatic rings. The Morgan fingerprint density at radius 2 is 2.11 bits per heavy atom. The molecule has 0 radical (unpaired) electrons. The normalized spacial score (nSPS) is 12.0. The van der Waals surface area contributed by atoms with Crippen molar-refractivity contribution in [3.8, 4) is 0 Å². The van der Waals surface area contributed by atoms with Crippen molar-refractivity contribution < 1.29 is 4.79 Å². The number of thioether (sulfide) groups is 1. The molecule has 7 heteroatoms. The summed E-state index contributed by atoms with van der Waals surface area (Å²) in [5, 5.41) is 4.00. The van der Waals surface area contributed by atoms with Crippen LogP contribution < -0.4 is 10.9 Å². The molecule has 1 amide bonds. The van der Waals surface area contributed by atoms with Gasteiger partial charge in [0.1, 0.15) is 0 Å². The first-order valence-corrected chi connectivity index (χ1v) is 10.0. The van der Waals surface area contributed by atoms with Gasteiger partial charge in [-0.3, -0.25) is 14.2 Å². The van der Waals surface area contributed by atoms with E-state index >= 15 is 0 Å². The summed E-state index contributed by atoms with van der Waals surface area (Å²) >= 11 is 7.26. The van der Waals surface area contributed by atoms with E-state index in [4.69, 9.17) is 11.6 Å². The molecule has 2 aromatic carbocycles. The lowest BCUT2D eigenvalue weighted by Crippen LogP contribution is -2.27. The van der Waals surface area contributed by atoms with Gasteiger partial charge in [0.25, 0.3) is 5.56 Å². The molecule has 1 atom stereocenters. The van der Waals surface area contributed by atoms with Crippen LogP contribution in [0.5, 0.6) is 0 Å². The zero-order valence-electron chi connectivity index (χ0n) is 15.6. The third-order valence-electron chi connectivity index (χ3n) is 4.25. The van der Waals surface area contributed by atoms with E-state index in [1.54, 1.807) is 43.3 Å². The van der Waals surface area contributed by atoms with Gasteiger partial charge in [0.05, 0.1) is 16.2 Å². The Bertz CT molecular complexity index is 1110. The molecule has 1 N–H and O–H groups in total. The van der Waals surface area contributed by atoms with Crippen LogP contribution in [-0.4, -0.2) is 20.7 Å². The molecule has 5 nitrogen and oxygen atoms in total. The highest BCUT2D eigenvalue weighted by Crippen LogP contribution is 2.25. The molecule has 1 aromatic heterocycles. The Labute approximate surface area is 172 Å². The molecule has 0 saturated carbocycles. The Balaban J connectivity index is 1.89. The molecular weight excluding hydrogens is 394 g/mol. The number of nitrogens with one attached hydrogen (secondary N) is 1. The number of amides is 1. The van der Waals surface area contributed by atoms with Crippen LogP contribution >= 0.6 is 23.4 Å². The maximum Gasteiger partial charge on any atom is 0.262 e. The second kappa shape index (κ2) is 8.63. The van der Waals surface area contributed by atoms with Crippen LogP contribution in [0.25, 0.3) is 10.9 Å². The Kier molecular flexibility index (Phi) is 6.21. The molecule has 28 heavy (non-hydrogen) atoms. The first kappa shape index (κ1) is 20.2. The summed E-state index contributed by atoms with van der Waals surface area (Å²) in [5.74, 6) is -0.192. The van der Waals surface area contributed by atoms with Crippen LogP contribution in [0.2, 0.25) is 5.02 Å². The van der Waals surface area contributed by atoms with E-state index in [9.17, 15) is 9.59 Å². The molecule has 0 aliphatic heterocycles. The van der Waals surface area contributed by atoms with Crippen LogP contribution in [0.4, 0.5) is 5.69 Å². The zero-order chi connectivity index (χ0) is 20.3. The summed E-state index contributed by atoms with van der Waals surface area (Å²) in [4.78, 5) is 30.1. The molecule has 0 bridgehead atoms. The van der Waals surface area contributed by atoms with Crippen molar-refractivity contribution in [1.82, 2.24) is 9.55 Å². The number of halogens is 1. The van der Waals surface area contributed by atoms with Crippen LogP contribution in [0, 0.1) is 6.92 Å². The SMILES string of the molecule is C=CCn1c(SC(C)C(=O)Nc2cc(Cl)ccc2C)nc2ccccc2c1=O. The predicted molar refractivity (Wildman–Crippen MR) is 116 cm³/mol. The molecule has 3 rings (SSSR count). The highest BCUT2D eigenvalue weighted by atomic mass is 35.5. The largest absolute Gasteiger partial charge is 0.325 e. The summed E-state index contributed by atoms with van der Waals surface area (Å²) in [6.45, 7) is 7.71. The lowest BCUT2D eigenvalue weighted by atomic mass is 10.2. The first-order valence-electron chi connectivity index (χ1n) is 8.75. The number of allylic oxidation sites excluding steroid dienone is 1. The maximum absolute atomic E-state index is 12.8. The third kappa shape index (κ3) is 4.29. The smallest absolute Gasteiger partial charge is 0.262 e. The quantitative estimate of drug-likeness (QED) is 0.362. The van der Waals surface area contributed by atoms with Gasteiger partial charge in [-0.15, -0.1) is 6.58 Å². The second-order valence-corrected chi connectivity index (χ2v) is 8.07. The first-order chi connectivity index (χ1) is 13.4. The van der Waals surface area contributed by atoms with Crippen LogP contribution in [0.1, 0.15) is 12.5 Å². The summed E-state index contributed by atoms with van der Waals surface area (Å²) in [5.41, 5.74) is 2.04. The second-order valence-electron chi connectivity index (χ2n) is 6.32. The number of anilines is 1. The Morgan fingerprint density at radius 1 is 1.36 bits per heavy atom. The third-order valence-corrected chi connectivity index (χ3v) is 5.57. The van der Waals surface area contributed by atoms with Gasteiger partial charge in [0.15, 0.2) is 5.16 Å². The molecule has 0 spiro atoms. The van der Waals surface area contributed by atoms with Crippen LogP contribution in [0.15, 0.2) is 65.1 Å². The van der Waals surface area contributed by atoms with Crippen molar-refractivity contribution in [1.29, 1.82) is 0 Å². The highest BCUT2D eigenvalue weighted by molar-refractivity contribution is 8.00. The average Bonchev–Trinajstić information content (AvgIpc) is 2.67. The number of carbonyl (C=O) groups excluding carboxylic acids is 1. The summed E-state index contributed by atoms with van der Waals surface area (Å²) < 4.78 is 1.54. The van der Waals surface area contributed by atoms with Gasteiger partial charge in [-0.25, -0.2) is 4.98 Å². The fraction of sp³-hybridized carbons (Fsp3) is 0.190. The molecule has 1 unspecified atom stereocenters. The van der Waals surface area contributed by atoms with Gasteiger partial charge in [-0.05, 0) is 43.7 Å². The minimum absolute atomic E-state index is 0.147. The summed E-state index contributed by atoms with van der Waals surface area (Å²) in [7, 11) is 0. The standard InChI is InChI=1S/C21H20ClN3O2S/c1-4-11-25-20(27)16-7-5-6-8-17(16)24-21(25)28-14(3)19(26)23-18-12-15(22)10-9-13(18)2/h4-10,12,14H,1,11H2,2-3H3,(H,23,26). The van der Waals surface area contributed by atoms with E-state index in [-0.39, 0.29) is 11.5 Å². The molecule has 144 valence electrons. The number of carbonyl (C=O) groups is 1. The summed E-state index contributed by atoms with van der Waals surface area (Å²) in [6, 6.07) is 12.5. The number of nitrogens with zero attached hydrogens (tertiary/aromatic N) is 2.